The van der Waals surface area contributed by atoms with E-state index in [0.717, 1.165) is 38.9 Å². The fourth-order valence-corrected chi connectivity index (χ4v) is 2.82. The SMILES string of the molecule is CN(CCc1ccccc1)C1CCN(C(=O)CN)CC1. The molecule has 1 aliphatic heterocycles. The standard InChI is InChI=1S/C16H25N3O/c1-18(10-7-14-5-3-2-4-6-14)15-8-11-19(12-9-15)16(20)13-17/h2-6,15H,7-13,17H2,1H3. The Kier molecular flexibility index (Phi) is 5.56. The van der Waals surface area contributed by atoms with E-state index in [2.05, 4.69) is 42.3 Å². The van der Waals surface area contributed by atoms with Crippen molar-refractivity contribution in [2.24, 2.45) is 5.73 Å². The quantitative estimate of drug-likeness (QED) is 0.876. The van der Waals surface area contributed by atoms with Crippen molar-refractivity contribution in [3.63, 3.8) is 0 Å². The zero-order valence-corrected chi connectivity index (χ0v) is 12.3. The van der Waals surface area contributed by atoms with Crippen LogP contribution in [-0.2, 0) is 11.2 Å². The summed E-state index contributed by atoms with van der Waals surface area (Å²) in [5.41, 5.74) is 6.79. The maximum Gasteiger partial charge on any atom is 0.236 e. The van der Waals surface area contributed by atoms with Crippen molar-refractivity contribution in [1.29, 1.82) is 0 Å². The summed E-state index contributed by atoms with van der Waals surface area (Å²) in [4.78, 5) is 15.9. The maximum atomic E-state index is 11.5. The molecular formula is C16H25N3O. The Balaban J connectivity index is 1.74. The Morgan fingerprint density at radius 1 is 1.30 bits per heavy atom. The number of rotatable bonds is 5. The van der Waals surface area contributed by atoms with E-state index in [1.165, 1.54) is 5.56 Å². The summed E-state index contributed by atoms with van der Waals surface area (Å²) in [7, 11) is 2.19. The number of amides is 1. The van der Waals surface area contributed by atoms with Gasteiger partial charge in [-0.3, -0.25) is 4.79 Å². The Hall–Kier alpha value is -1.39. The Morgan fingerprint density at radius 2 is 1.95 bits per heavy atom. The fraction of sp³-hybridized carbons (Fsp3) is 0.562. The first kappa shape index (κ1) is 15.0. The van der Waals surface area contributed by atoms with Gasteiger partial charge in [-0.05, 0) is 31.9 Å². The molecule has 0 radical (unpaired) electrons. The first-order valence-corrected chi connectivity index (χ1v) is 7.42. The van der Waals surface area contributed by atoms with Gasteiger partial charge in [-0.25, -0.2) is 0 Å². The van der Waals surface area contributed by atoms with Crippen molar-refractivity contribution in [3.05, 3.63) is 35.9 Å². The minimum Gasteiger partial charge on any atom is -0.341 e. The van der Waals surface area contributed by atoms with Crippen LogP contribution in [0.5, 0.6) is 0 Å². The summed E-state index contributed by atoms with van der Waals surface area (Å²) in [5.74, 6) is 0.0791. The molecule has 4 heteroatoms. The molecule has 1 amide bonds. The topological polar surface area (TPSA) is 49.6 Å². The molecule has 1 aromatic rings. The third-order valence-electron chi connectivity index (χ3n) is 4.21. The molecule has 4 nitrogen and oxygen atoms in total. The number of likely N-dealkylation sites (N-methyl/N-ethyl adjacent to an activating group) is 1. The molecule has 0 saturated carbocycles. The van der Waals surface area contributed by atoms with Crippen molar-refractivity contribution >= 4 is 5.91 Å². The second kappa shape index (κ2) is 7.41. The van der Waals surface area contributed by atoms with Crippen molar-refractivity contribution < 1.29 is 4.79 Å². The third kappa shape index (κ3) is 4.05. The Morgan fingerprint density at radius 3 is 2.55 bits per heavy atom. The molecular weight excluding hydrogens is 250 g/mol. The highest BCUT2D eigenvalue weighted by molar-refractivity contribution is 5.78. The smallest absolute Gasteiger partial charge is 0.236 e. The average molecular weight is 275 g/mol. The van der Waals surface area contributed by atoms with Crippen LogP contribution in [0.4, 0.5) is 0 Å². The van der Waals surface area contributed by atoms with Gasteiger partial charge in [-0.2, -0.15) is 0 Å². The second-order valence-corrected chi connectivity index (χ2v) is 5.53. The van der Waals surface area contributed by atoms with E-state index in [-0.39, 0.29) is 12.5 Å². The van der Waals surface area contributed by atoms with Gasteiger partial charge >= 0.3 is 0 Å². The van der Waals surface area contributed by atoms with Crippen LogP contribution in [0, 0.1) is 0 Å². The zero-order chi connectivity index (χ0) is 14.4. The minimum absolute atomic E-state index is 0.0791. The first-order chi connectivity index (χ1) is 9.70. The molecule has 2 N–H and O–H groups in total. The largest absolute Gasteiger partial charge is 0.341 e. The molecule has 0 unspecified atom stereocenters. The lowest BCUT2D eigenvalue weighted by Crippen LogP contribution is -2.47. The number of nitrogens with zero attached hydrogens (tertiary/aromatic N) is 2. The molecule has 1 fully saturated rings. The predicted molar refractivity (Wildman–Crippen MR) is 81.4 cm³/mol. The van der Waals surface area contributed by atoms with Gasteiger partial charge in [-0.15, -0.1) is 0 Å². The monoisotopic (exact) mass is 275 g/mol. The number of nitrogens with two attached hydrogens (primary N) is 1. The molecule has 1 aliphatic rings. The number of hydrogen-bond acceptors (Lipinski definition) is 3. The lowest BCUT2D eigenvalue weighted by molar-refractivity contribution is -0.131. The van der Waals surface area contributed by atoms with E-state index >= 15 is 0 Å². The van der Waals surface area contributed by atoms with Crippen LogP contribution in [-0.4, -0.2) is 55.0 Å². The molecule has 1 aromatic carbocycles. The van der Waals surface area contributed by atoms with Crippen LogP contribution in [0.25, 0.3) is 0 Å². The van der Waals surface area contributed by atoms with E-state index in [1.807, 2.05) is 4.90 Å². The summed E-state index contributed by atoms with van der Waals surface area (Å²) >= 11 is 0. The van der Waals surface area contributed by atoms with Gasteiger partial charge in [0, 0.05) is 25.7 Å². The van der Waals surface area contributed by atoms with Crippen LogP contribution in [0.1, 0.15) is 18.4 Å². The number of benzene rings is 1. The normalized spacial score (nSPS) is 16.6. The fourth-order valence-electron chi connectivity index (χ4n) is 2.82. The molecule has 1 heterocycles. The Bertz CT molecular complexity index is 413. The Labute approximate surface area is 121 Å². The molecule has 0 aliphatic carbocycles. The summed E-state index contributed by atoms with van der Waals surface area (Å²) in [6, 6.07) is 11.2. The molecule has 20 heavy (non-hydrogen) atoms. The highest BCUT2D eigenvalue weighted by atomic mass is 16.2. The van der Waals surface area contributed by atoms with Crippen molar-refractivity contribution in [1.82, 2.24) is 9.80 Å². The van der Waals surface area contributed by atoms with Gasteiger partial charge in [0.15, 0.2) is 0 Å². The van der Waals surface area contributed by atoms with Crippen LogP contribution < -0.4 is 5.73 Å². The molecule has 0 bridgehead atoms. The summed E-state index contributed by atoms with van der Waals surface area (Å²) in [5, 5.41) is 0. The van der Waals surface area contributed by atoms with Crippen LogP contribution in [0.2, 0.25) is 0 Å². The second-order valence-electron chi connectivity index (χ2n) is 5.53. The molecule has 110 valence electrons. The predicted octanol–water partition coefficient (Wildman–Crippen LogP) is 1.11. The van der Waals surface area contributed by atoms with Gasteiger partial charge in [0.2, 0.25) is 5.91 Å². The van der Waals surface area contributed by atoms with Crippen molar-refractivity contribution in [2.75, 3.05) is 33.2 Å². The highest BCUT2D eigenvalue weighted by Crippen LogP contribution is 2.16. The summed E-state index contributed by atoms with van der Waals surface area (Å²) < 4.78 is 0. The van der Waals surface area contributed by atoms with E-state index < -0.39 is 0 Å². The van der Waals surface area contributed by atoms with Crippen LogP contribution in [0.15, 0.2) is 30.3 Å². The lowest BCUT2D eigenvalue weighted by atomic mass is 10.0. The van der Waals surface area contributed by atoms with E-state index in [9.17, 15) is 4.79 Å². The zero-order valence-electron chi connectivity index (χ0n) is 12.3. The number of hydrogen-bond donors (Lipinski definition) is 1. The maximum absolute atomic E-state index is 11.5. The molecule has 0 spiro atoms. The van der Waals surface area contributed by atoms with Gasteiger partial charge < -0.3 is 15.5 Å². The van der Waals surface area contributed by atoms with Gasteiger partial charge in [0.25, 0.3) is 0 Å². The lowest BCUT2D eigenvalue weighted by Gasteiger charge is -2.36. The van der Waals surface area contributed by atoms with E-state index in [0.29, 0.717) is 6.04 Å². The number of carbonyl (C=O) groups is 1. The summed E-state index contributed by atoms with van der Waals surface area (Å²) in [6.07, 6.45) is 3.19. The number of piperidine rings is 1. The first-order valence-electron chi connectivity index (χ1n) is 7.42. The number of carbonyl (C=O) groups excluding carboxylic acids is 1. The molecule has 2 rings (SSSR count). The van der Waals surface area contributed by atoms with E-state index in [4.69, 9.17) is 5.73 Å². The third-order valence-corrected chi connectivity index (χ3v) is 4.21. The van der Waals surface area contributed by atoms with Gasteiger partial charge in [0.1, 0.15) is 0 Å². The highest BCUT2D eigenvalue weighted by Gasteiger charge is 2.24. The molecule has 0 atom stereocenters. The van der Waals surface area contributed by atoms with Crippen LogP contribution >= 0.6 is 0 Å². The van der Waals surface area contributed by atoms with Crippen molar-refractivity contribution in [3.8, 4) is 0 Å². The van der Waals surface area contributed by atoms with Crippen molar-refractivity contribution in [2.45, 2.75) is 25.3 Å². The average Bonchev–Trinajstić information content (AvgIpc) is 2.53. The number of likely N-dealkylation sites (tertiary alicyclic amines) is 1. The van der Waals surface area contributed by atoms with Gasteiger partial charge in [-0.1, -0.05) is 30.3 Å². The molecule has 1 saturated heterocycles. The molecule has 0 aromatic heterocycles. The van der Waals surface area contributed by atoms with Crippen LogP contribution in [0.3, 0.4) is 0 Å². The summed E-state index contributed by atoms with van der Waals surface area (Å²) in [6.45, 7) is 2.89. The van der Waals surface area contributed by atoms with E-state index in [1.54, 1.807) is 0 Å². The van der Waals surface area contributed by atoms with Gasteiger partial charge in [0.05, 0.1) is 6.54 Å². The minimum atomic E-state index is 0.0791.